The molecule has 2 aromatic carbocycles. The van der Waals surface area contributed by atoms with Crippen molar-refractivity contribution in [3.63, 3.8) is 0 Å². The second-order valence-corrected chi connectivity index (χ2v) is 9.90. The molecule has 3 unspecified atom stereocenters. The third-order valence-corrected chi connectivity index (χ3v) is 7.38. The lowest BCUT2D eigenvalue weighted by molar-refractivity contribution is -0.0663. The SMILES string of the molecule is C=C1c2cccc(O)c2N(C)c2cc3c(c(O)c21)C1CC(C)(CCC1C(C)(C)O)O3. The monoisotopic (exact) mass is 407 g/mol. The van der Waals surface area contributed by atoms with Crippen molar-refractivity contribution in [2.24, 2.45) is 5.92 Å². The minimum Gasteiger partial charge on any atom is -0.507 e. The normalized spacial score (nSPS) is 27.1. The first-order valence-electron chi connectivity index (χ1n) is 10.6. The van der Waals surface area contributed by atoms with Crippen molar-refractivity contribution in [1.29, 1.82) is 0 Å². The maximum atomic E-state index is 11.5. The zero-order valence-corrected chi connectivity index (χ0v) is 18.0. The van der Waals surface area contributed by atoms with Crippen molar-refractivity contribution < 1.29 is 20.1 Å². The Kier molecular flexibility index (Phi) is 3.83. The number of phenolic OH excluding ortho intramolecular Hbond substituents is 2. The van der Waals surface area contributed by atoms with E-state index in [0.717, 1.165) is 36.1 Å². The van der Waals surface area contributed by atoms with Gasteiger partial charge in [0.1, 0.15) is 22.8 Å². The van der Waals surface area contributed by atoms with Crippen LogP contribution in [0.2, 0.25) is 0 Å². The van der Waals surface area contributed by atoms with Gasteiger partial charge in [0, 0.05) is 35.7 Å². The topological polar surface area (TPSA) is 73.2 Å². The summed E-state index contributed by atoms with van der Waals surface area (Å²) < 4.78 is 6.44. The third-order valence-electron chi connectivity index (χ3n) is 7.38. The molecule has 2 bridgehead atoms. The largest absolute Gasteiger partial charge is 0.507 e. The van der Waals surface area contributed by atoms with Gasteiger partial charge in [-0.15, -0.1) is 0 Å². The predicted octanol–water partition coefficient (Wildman–Crippen LogP) is 5.05. The van der Waals surface area contributed by atoms with Crippen LogP contribution in [-0.2, 0) is 0 Å². The van der Waals surface area contributed by atoms with Crippen LogP contribution in [0.5, 0.6) is 17.2 Å². The van der Waals surface area contributed by atoms with E-state index in [1.807, 2.05) is 37.9 Å². The van der Waals surface area contributed by atoms with Crippen LogP contribution in [0.15, 0.2) is 30.8 Å². The summed E-state index contributed by atoms with van der Waals surface area (Å²) in [7, 11) is 1.88. The third kappa shape index (κ3) is 2.51. The van der Waals surface area contributed by atoms with Gasteiger partial charge >= 0.3 is 0 Å². The van der Waals surface area contributed by atoms with E-state index in [1.165, 1.54) is 0 Å². The summed E-state index contributed by atoms with van der Waals surface area (Å²) >= 11 is 0. The first kappa shape index (κ1) is 19.3. The molecule has 0 radical (unpaired) electrons. The van der Waals surface area contributed by atoms with Crippen LogP contribution in [-0.4, -0.2) is 33.6 Å². The summed E-state index contributed by atoms with van der Waals surface area (Å²) in [5.74, 6) is 1.05. The molecular weight excluding hydrogens is 378 g/mol. The van der Waals surface area contributed by atoms with Gasteiger partial charge in [-0.2, -0.15) is 0 Å². The Bertz CT molecular complexity index is 1080. The number of aromatic hydroxyl groups is 2. The Morgan fingerprint density at radius 3 is 2.70 bits per heavy atom. The Morgan fingerprint density at radius 2 is 2.00 bits per heavy atom. The lowest BCUT2D eigenvalue weighted by Crippen LogP contribution is -2.49. The smallest absolute Gasteiger partial charge is 0.139 e. The Balaban J connectivity index is 1.75. The average Bonchev–Trinajstić information content (AvgIpc) is 2.64. The lowest BCUT2D eigenvalue weighted by atomic mass is 9.62. The van der Waals surface area contributed by atoms with Crippen molar-refractivity contribution in [3.8, 4) is 17.2 Å². The number of hydrogen-bond acceptors (Lipinski definition) is 5. The number of rotatable bonds is 1. The molecule has 2 aromatic rings. The number of ether oxygens (including phenoxy) is 1. The molecular formula is C25H29NO4. The lowest BCUT2D eigenvalue weighted by Gasteiger charge is -2.51. The first-order valence-corrected chi connectivity index (χ1v) is 10.6. The highest BCUT2D eigenvalue weighted by Gasteiger charge is 2.51. The highest BCUT2D eigenvalue weighted by molar-refractivity contribution is 6.01. The van der Waals surface area contributed by atoms with E-state index < -0.39 is 5.60 Å². The molecule has 2 aliphatic heterocycles. The Labute approximate surface area is 177 Å². The molecule has 1 saturated carbocycles. The number of phenols is 2. The van der Waals surface area contributed by atoms with Gasteiger partial charge in [0.15, 0.2) is 0 Å². The standard InChI is InChI=1S/C25H29NO4/c1-13-14-7-6-8-18(27)22(14)26(5)17-11-19-21(23(28)20(13)17)15-12-25(4,30-19)10-9-16(15)24(2,3)29/h6-8,11,15-16,27-29H,1,9-10,12H2,2-5H3. The van der Waals surface area contributed by atoms with E-state index in [1.54, 1.807) is 12.1 Å². The van der Waals surface area contributed by atoms with E-state index >= 15 is 0 Å². The Morgan fingerprint density at radius 1 is 1.27 bits per heavy atom. The summed E-state index contributed by atoms with van der Waals surface area (Å²) in [6, 6.07) is 7.31. The predicted molar refractivity (Wildman–Crippen MR) is 118 cm³/mol. The van der Waals surface area contributed by atoms with Gasteiger partial charge in [0.05, 0.1) is 17.0 Å². The van der Waals surface area contributed by atoms with Crippen molar-refractivity contribution in [1.82, 2.24) is 0 Å². The molecule has 1 aliphatic carbocycles. The van der Waals surface area contributed by atoms with Gasteiger partial charge in [-0.1, -0.05) is 18.7 Å². The minimum atomic E-state index is -0.852. The van der Waals surface area contributed by atoms with E-state index in [2.05, 4.69) is 13.5 Å². The van der Waals surface area contributed by atoms with Crippen LogP contribution >= 0.6 is 0 Å². The van der Waals surface area contributed by atoms with Gasteiger partial charge in [-0.25, -0.2) is 0 Å². The number of nitrogens with zero attached hydrogens (tertiary/aromatic N) is 1. The Hall–Kier alpha value is -2.66. The van der Waals surface area contributed by atoms with Crippen LogP contribution in [0.3, 0.4) is 0 Å². The molecule has 5 heteroatoms. The number of aliphatic hydroxyl groups is 1. The number of hydrogen-bond donors (Lipinski definition) is 3. The van der Waals surface area contributed by atoms with Crippen LogP contribution in [0.25, 0.3) is 5.57 Å². The average molecular weight is 408 g/mol. The molecule has 3 aliphatic rings. The molecule has 158 valence electrons. The number of para-hydroxylation sites is 1. The molecule has 0 saturated heterocycles. The van der Waals surface area contributed by atoms with Crippen molar-refractivity contribution in [2.45, 2.75) is 57.2 Å². The summed E-state index contributed by atoms with van der Waals surface area (Å²) in [6.07, 6.45) is 2.47. The molecule has 2 heterocycles. The quantitative estimate of drug-likeness (QED) is 0.617. The maximum Gasteiger partial charge on any atom is 0.139 e. The van der Waals surface area contributed by atoms with Gasteiger partial charge in [0.25, 0.3) is 0 Å². The van der Waals surface area contributed by atoms with E-state index in [-0.39, 0.29) is 28.9 Å². The van der Waals surface area contributed by atoms with Gasteiger partial charge in [0.2, 0.25) is 0 Å². The molecule has 3 N–H and O–H groups in total. The van der Waals surface area contributed by atoms with Gasteiger partial charge in [-0.3, -0.25) is 0 Å². The molecule has 0 spiro atoms. The van der Waals surface area contributed by atoms with E-state index in [4.69, 9.17) is 4.74 Å². The second-order valence-electron chi connectivity index (χ2n) is 9.90. The zero-order chi connectivity index (χ0) is 21.6. The molecule has 0 aromatic heterocycles. The summed E-state index contributed by atoms with van der Waals surface area (Å²) in [5, 5.41) is 32.9. The number of benzene rings is 2. The molecule has 0 amide bonds. The van der Waals surface area contributed by atoms with Gasteiger partial charge in [-0.05, 0) is 57.6 Å². The van der Waals surface area contributed by atoms with Crippen LogP contribution in [0.4, 0.5) is 11.4 Å². The molecule has 5 nitrogen and oxygen atoms in total. The fourth-order valence-corrected chi connectivity index (χ4v) is 5.91. The van der Waals surface area contributed by atoms with Crippen LogP contribution in [0, 0.1) is 5.92 Å². The van der Waals surface area contributed by atoms with Crippen LogP contribution in [0.1, 0.15) is 62.6 Å². The molecule has 1 fully saturated rings. The fourth-order valence-electron chi connectivity index (χ4n) is 5.91. The minimum absolute atomic E-state index is 0.00137. The fraction of sp³-hybridized carbons (Fsp3) is 0.440. The van der Waals surface area contributed by atoms with Crippen molar-refractivity contribution in [3.05, 3.63) is 47.5 Å². The summed E-state index contributed by atoms with van der Waals surface area (Å²) in [6.45, 7) is 10.1. The molecule has 3 atom stereocenters. The van der Waals surface area contributed by atoms with Crippen molar-refractivity contribution in [2.75, 3.05) is 11.9 Å². The second kappa shape index (κ2) is 5.94. The van der Waals surface area contributed by atoms with Crippen LogP contribution < -0.4 is 9.64 Å². The summed E-state index contributed by atoms with van der Waals surface area (Å²) in [5.41, 5.74) is 3.18. The number of anilines is 2. The van der Waals surface area contributed by atoms with E-state index in [9.17, 15) is 15.3 Å². The maximum absolute atomic E-state index is 11.5. The zero-order valence-electron chi connectivity index (χ0n) is 18.0. The molecule has 5 rings (SSSR count). The molecule has 30 heavy (non-hydrogen) atoms. The first-order chi connectivity index (χ1) is 14.0. The van der Waals surface area contributed by atoms with Crippen molar-refractivity contribution >= 4 is 16.9 Å². The highest BCUT2D eigenvalue weighted by atomic mass is 16.5. The number of fused-ring (bicyclic) bond motifs is 6. The van der Waals surface area contributed by atoms with E-state index in [0.29, 0.717) is 22.6 Å². The van der Waals surface area contributed by atoms with Gasteiger partial charge < -0.3 is 25.0 Å². The summed E-state index contributed by atoms with van der Waals surface area (Å²) in [4.78, 5) is 1.89. The highest BCUT2D eigenvalue weighted by Crippen LogP contribution is 2.61.